The summed E-state index contributed by atoms with van der Waals surface area (Å²) >= 11 is 0. The number of benzene rings is 2. The quantitative estimate of drug-likeness (QED) is 0.553. The zero-order valence-electron chi connectivity index (χ0n) is 15.1. The normalized spacial score (nSPS) is 15.1. The monoisotopic (exact) mass is 372 g/mol. The Hall–Kier alpha value is -2.89. The van der Waals surface area contributed by atoms with Crippen LogP contribution in [-0.4, -0.2) is 19.4 Å². The highest BCUT2D eigenvalue weighted by Crippen LogP contribution is 2.35. The van der Waals surface area contributed by atoms with Crippen molar-refractivity contribution < 1.29 is 18.3 Å². The van der Waals surface area contributed by atoms with Crippen LogP contribution < -0.4 is 15.2 Å². The summed E-state index contributed by atoms with van der Waals surface area (Å²) < 4.78 is 38.0. The van der Waals surface area contributed by atoms with Gasteiger partial charge in [-0.2, -0.15) is 0 Å². The van der Waals surface area contributed by atoms with Crippen LogP contribution in [0.4, 0.5) is 20.2 Å². The van der Waals surface area contributed by atoms with Crippen LogP contribution >= 0.6 is 0 Å². The molecule has 0 spiro atoms. The van der Waals surface area contributed by atoms with Crippen LogP contribution in [0, 0.1) is 11.6 Å². The molecule has 0 atom stereocenters. The Morgan fingerprint density at radius 2 is 1.89 bits per heavy atom. The van der Waals surface area contributed by atoms with Gasteiger partial charge in [-0.15, -0.1) is 0 Å². The topological polar surface area (TPSA) is 56.8 Å². The third kappa shape index (κ3) is 4.64. The van der Waals surface area contributed by atoms with Crippen molar-refractivity contribution >= 4 is 23.7 Å². The summed E-state index contributed by atoms with van der Waals surface area (Å²) in [5, 5.41) is 0. The van der Waals surface area contributed by atoms with Crippen molar-refractivity contribution in [2.75, 3.05) is 12.8 Å². The summed E-state index contributed by atoms with van der Waals surface area (Å²) in [6, 6.07) is 7.54. The van der Waals surface area contributed by atoms with Gasteiger partial charge < -0.3 is 15.2 Å². The lowest BCUT2D eigenvalue weighted by molar-refractivity contribution is 0.200. The Labute approximate surface area is 157 Å². The molecule has 0 unspecified atom stereocenters. The van der Waals surface area contributed by atoms with E-state index in [2.05, 4.69) is 4.99 Å². The molecule has 1 aliphatic rings. The molecule has 0 bridgehead atoms. The molecule has 3 rings (SSSR count). The Bertz CT molecular complexity index is 860. The number of nitrogens with zero attached hydrogens (tertiary/aromatic N) is 1. The first kappa shape index (κ1) is 18.9. The first-order chi connectivity index (χ1) is 13.1. The zero-order chi connectivity index (χ0) is 19.2. The molecule has 2 aromatic carbocycles. The lowest BCUT2D eigenvalue weighted by atomic mass is 10.1. The average Bonchev–Trinajstić information content (AvgIpc) is 3.17. The number of anilines is 1. The summed E-state index contributed by atoms with van der Waals surface area (Å²) in [6.45, 7) is 0. The van der Waals surface area contributed by atoms with Crippen molar-refractivity contribution in [3.05, 3.63) is 53.6 Å². The van der Waals surface area contributed by atoms with E-state index in [4.69, 9.17) is 15.2 Å². The molecule has 2 aromatic rings. The maximum absolute atomic E-state index is 13.3. The van der Waals surface area contributed by atoms with Crippen molar-refractivity contribution in [3.63, 3.8) is 0 Å². The fraction of sp³-hybridized carbons (Fsp3) is 0.286. The van der Waals surface area contributed by atoms with E-state index in [0.717, 1.165) is 30.5 Å². The molecule has 2 N–H and O–H groups in total. The molecule has 1 aliphatic carbocycles. The van der Waals surface area contributed by atoms with E-state index in [0.29, 0.717) is 11.5 Å². The number of rotatable bonds is 6. The van der Waals surface area contributed by atoms with Gasteiger partial charge in [-0.05, 0) is 43.9 Å². The Morgan fingerprint density at radius 1 is 1.15 bits per heavy atom. The molecule has 0 aliphatic heterocycles. The predicted octanol–water partition coefficient (Wildman–Crippen LogP) is 5.29. The van der Waals surface area contributed by atoms with Gasteiger partial charge in [-0.25, -0.2) is 8.78 Å². The van der Waals surface area contributed by atoms with Gasteiger partial charge in [0.05, 0.1) is 24.6 Å². The standard InChI is InChI=1S/C21H22F2N2O2/c1-26-20-10-4-6-14(21(20)27-15-8-2-3-9-15)7-5-11-25-19-13-17(23)16(22)12-18(19)24/h4-7,10-13,15H,2-3,8-9,24H2,1H3. The summed E-state index contributed by atoms with van der Waals surface area (Å²) in [5.74, 6) is -0.609. The van der Waals surface area contributed by atoms with E-state index >= 15 is 0 Å². The van der Waals surface area contributed by atoms with Gasteiger partial charge in [0.1, 0.15) is 0 Å². The highest BCUT2D eigenvalue weighted by atomic mass is 19.2. The van der Waals surface area contributed by atoms with Crippen molar-refractivity contribution in [1.82, 2.24) is 0 Å². The fourth-order valence-corrected chi connectivity index (χ4v) is 3.06. The zero-order valence-corrected chi connectivity index (χ0v) is 15.1. The summed E-state index contributed by atoms with van der Waals surface area (Å²) in [5.41, 5.74) is 6.76. The molecule has 27 heavy (non-hydrogen) atoms. The van der Waals surface area contributed by atoms with Gasteiger partial charge in [-0.3, -0.25) is 4.99 Å². The largest absolute Gasteiger partial charge is 0.493 e. The van der Waals surface area contributed by atoms with E-state index in [1.807, 2.05) is 24.3 Å². The van der Waals surface area contributed by atoms with Crippen LogP contribution in [0.2, 0.25) is 0 Å². The molecule has 1 saturated carbocycles. The van der Waals surface area contributed by atoms with Crippen LogP contribution in [0.3, 0.4) is 0 Å². The molecule has 142 valence electrons. The van der Waals surface area contributed by atoms with Crippen LogP contribution in [0.15, 0.2) is 41.4 Å². The Morgan fingerprint density at radius 3 is 2.63 bits per heavy atom. The molecular formula is C21H22F2N2O2. The molecule has 1 fully saturated rings. The van der Waals surface area contributed by atoms with Gasteiger partial charge in [0.2, 0.25) is 0 Å². The number of nitrogens with two attached hydrogens (primary N) is 1. The predicted molar refractivity (Wildman–Crippen MR) is 104 cm³/mol. The number of allylic oxidation sites excluding steroid dienone is 1. The van der Waals surface area contributed by atoms with Crippen LogP contribution in [0.1, 0.15) is 31.2 Å². The van der Waals surface area contributed by atoms with Crippen LogP contribution in [0.25, 0.3) is 6.08 Å². The minimum atomic E-state index is -0.993. The van der Waals surface area contributed by atoms with Crippen LogP contribution in [-0.2, 0) is 0 Å². The smallest absolute Gasteiger partial charge is 0.168 e. The fourth-order valence-electron chi connectivity index (χ4n) is 3.06. The number of halogens is 2. The van der Waals surface area contributed by atoms with Crippen LogP contribution in [0.5, 0.6) is 11.5 Å². The summed E-state index contributed by atoms with van der Waals surface area (Å²) in [4.78, 5) is 4.08. The highest BCUT2D eigenvalue weighted by Gasteiger charge is 2.19. The molecule has 0 radical (unpaired) electrons. The number of methoxy groups -OCH3 is 1. The van der Waals surface area contributed by atoms with Crippen molar-refractivity contribution in [3.8, 4) is 11.5 Å². The SMILES string of the molecule is COc1cccc(C=CC=Nc2cc(F)c(F)cc2N)c1OC1CCCC1. The third-order valence-corrected chi connectivity index (χ3v) is 4.46. The maximum atomic E-state index is 13.3. The molecule has 0 heterocycles. The van der Waals surface area contributed by atoms with E-state index in [1.54, 1.807) is 13.2 Å². The molecule has 4 nitrogen and oxygen atoms in total. The molecule has 0 aromatic heterocycles. The number of aliphatic imine (C=N–C) groups is 1. The first-order valence-electron chi connectivity index (χ1n) is 8.87. The number of ether oxygens (including phenoxy) is 2. The minimum absolute atomic E-state index is 0.0742. The van der Waals surface area contributed by atoms with E-state index in [9.17, 15) is 8.78 Å². The minimum Gasteiger partial charge on any atom is -0.493 e. The van der Waals surface area contributed by atoms with E-state index in [-0.39, 0.29) is 17.5 Å². The molecular weight excluding hydrogens is 350 g/mol. The lowest BCUT2D eigenvalue weighted by Crippen LogP contribution is -2.12. The second-order valence-corrected chi connectivity index (χ2v) is 6.37. The Kier molecular flexibility index (Phi) is 6.06. The lowest BCUT2D eigenvalue weighted by Gasteiger charge is -2.17. The van der Waals surface area contributed by atoms with E-state index in [1.165, 1.54) is 19.1 Å². The van der Waals surface area contributed by atoms with Gasteiger partial charge in [0.15, 0.2) is 23.1 Å². The molecule has 0 saturated heterocycles. The second kappa shape index (κ2) is 8.66. The number of nitrogen functional groups attached to an aromatic ring is 1. The van der Waals surface area contributed by atoms with Crippen molar-refractivity contribution in [1.29, 1.82) is 0 Å². The highest BCUT2D eigenvalue weighted by molar-refractivity contribution is 5.83. The molecule has 6 heteroatoms. The maximum Gasteiger partial charge on any atom is 0.168 e. The average molecular weight is 372 g/mol. The number of hydrogen-bond acceptors (Lipinski definition) is 4. The van der Waals surface area contributed by atoms with E-state index < -0.39 is 11.6 Å². The summed E-state index contributed by atoms with van der Waals surface area (Å²) in [7, 11) is 1.61. The third-order valence-electron chi connectivity index (χ3n) is 4.46. The Balaban J connectivity index is 1.79. The van der Waals surface area contributed by atoms with Gasteiger partial charge in [0.25, 0.3) is 0 Å². The van der Waals surface area contributed by atoms with Gasteiger partial charge in [-0.1, -0.05) is 12.1 Å². The number of para-hydroxylation sites is 1. The first-order valence-corrected chi connectivity index (χ1v) is 8.87. The van der Waals surface area contributed by atoms with Crippen molar-refractivity contribution in [2.45, 2.75) is 31.8 Å². The van der Waals surface area contributed by atoms with Gasteiger partial charge >= 0.3 is 0 Å². The summed E-state index contributed by atoms with van der Waals surface area (Å²) in [6.07, 6.45) is 9.62. The van der Waals surface area contributed by atoms with Gasteiger partial charge in [0, 0.05) is 23.9 Å². The number of hydrogen-bond donors (Lipinski definition) is 1. The second-order valence-electron chi connectivity index (χ2n) is 6.37. The van der Waals surface area contributed by atoms with Crippen molar-refractivity contribution in [2.24, 2.45) is 4.99 Å². The molecule has 0 amide bonds.